The van der Waals surface area contributed by atoms with E-state index in [2.05, 4.69) is 174 Å². The quantitative estimate of drug-likeness (QED) is 0.175. The van der Waals surface area contributed by atoms with Gasteiger partial charge in [0.2, 0.25) is 0 Å². The Morgan fingerprint density at radius 1 is 0.655 bits per heavy atom. The number of hydrogen-bond donors (Lipinski definition) is 0. The van der Waals surface area contributed by atoms with E-state index in [1.54, 1.807) is 11.1 Å². The molecule has 2 bridgehead atoms. The summed E-state index contributed by atoms with van der Waals surface area (Å²) in [5.74, 6) is 2.18. The second-order valence-electron chi connectivity index (χ2n) is 16.5. The fourth-order valence-electron chi connectivity index (χ4n) is 11.5. The third-order valence-electron chi connectivity index (χ3n) is 13.8. The zero-order valence-corrected chi connectivity index (χ0v) is 31.9. The van der Waals surface area contributed by atoms with Gasteiger partial charge in [0.1, 0.15) is 0 Å². The Hall–Kier alpha value is -5.64. The van der Waals surface area contributed by atoms with E-state index in [1.807, 2.05) is 11.3 Å². The Morgan fingerprint density at radius 2 is 1.42 bits per heavy atom. The fraction of sp³-hybridized carbons (Fsp3) is 0.192. The highest BCUT2D eigenvalue weighted by Crippen LogP contribution is 2.62. The minimum absolute atomic E-state index is 0.0197. The van der Waals surface area contributed by atoms with Crippen LogP contribution in [-0.2, 0) is 5.41 Å². The molecule has 3 aliphatic carbocycles. The molecule has 0 N–H and O–H groups in total. The third kappa shape index (κ3) is 4.42. The second-order valence-corrected chi connectivity index (χ2v) is 17.6. The van der Waals surface area contributed by atoms with Gasteiger partial charge >= 0.3 is 0 Å². The molecule has 3 heterocycles. The van der Waals surface area contributed by atoms with E-state index in [0.29, 0.717) is 5.92 Å². The summed E-state index contributed by atoms with van der Waals surface area (Å²) in [6.07, 6.45) is 6.59. The lowest BCUT2D eigenvalue weighted by atomic mass is 9.54. The molecule has 1 aliphatic heterocycles. The van der Waals surface area contributed by atoms with Crippen LogP contribution in [0.4, 0.5) is 17.1 Å². The Kier molecular flexibility index (Phi) is 6.87. The van der Waals surface area contributed by atoms with Gasteiger partial charge in [0.15, 0.2) is 0 Å². The third-order valence-corrected chi connectivity index (χ3v) is 15.1. The standard InChI is InChI=1S/C52H42N2S/c1-33-30-36-16-11-15-35(33)32-52(36)43-24-7-9-26-46(43)54-45-25-8-5-21-42(45)49-47(29-28-44(52)50(49)54)53(37-17-3-2-4-18-37)38-19-12-14-34(31-38)39-22-13-23-41-40-20-6-10-27-48(40)55-51(39)41/h2-10,12-14,17-29,31,33,35-36H,11,15-16,30,32H2,1H3/t33-,35?,36-,52?/m1/s1. The van der Waals surface area contributed by atoms with Gasteiger partial charge in [-0.05, 0) is 108 Å². The van der Waals surface area contributed by atoms with Crippen LogP contribution in [0.15, 0.2) is 158 Å². The molecular formula is C52H42N2S. The molecule has 266 valence electrons. The number of thiophene rings is 1. The number of anilines is 3. The lowest BCUT2D eigenvalue weighted by Crippen LogP contribution is -2.45. The van der Waals surface area contributed by atoms with Crippen LogP contribution >= 0.6 is 11.3 Å². The van der Waals surface area contributed by atoms with E-state index < -0.39 is 0 Å². The van der Waals surface area contributed by atoms with Crippen LogP contribution in [-0.4, -0.2) is 4.57 Å². The average molecular weight is 727 g/mol. The summed E-state index contributed by atoms with van der Waals surface area (Å²) in [6.45, 7) is 2.54. The van der Waals surface area contributed by atoms with Crippen LogP contribution < -0.4 is 4.90 Å². The van der Waals surface area contributed by atoms with E-state index in [-0.39, 0.29) is 5.41 Å². The highest BCUT2D eigenvalue weighted by Gasteiger charge is 2.53. The van der Waals surface area contributed by atoms with Crippen LogP contribution in [0.1, 0.15) is 50.2 Å². The SMILES string of the molecule is C[C@@H]1C[C@H]2CCCC1CC21c2ccccc2-n2c3ccccc3c3c(N(c4ccccc4)c4cccc(-c5cccc6c5sc5ccccc56)c4)ccc1c32. The van der Waals surface area contributed by atoms with Gasteiger partial charge in [-0.2, -0.15) is 0 Å². The van der Waals surface area contributed by atoms with Crippen molar-refractivity contribution in [1.29, 1.82) is 0 Å². The number of rotatable bonds is 4. The molecule has 4 aliphatic rings. The Labute approximate surface area is 326 Å². The molecule has 2 nitrogen and oxygen atoms in total. The Balaban J connectivity index is 1.14. The van der Waals surface area contributed by atoms with Crippen LogP contribution in [0.2, 0.25) is 0 Å². The number of aromatic nitrogens is 1. The molecule has 0 saturated heterocycles. The number of benzene rings is 7. The van der Waals surface area contributed by atoms with Crippen molar-refractivity contribution in [3.63, 3.8) is 0 Å². The minimum Gasteiger partial charge on any atom is -0.310 e. The summed E-state index contributed by atoms with van der Waals surface area (Å²) in [6, 6.07) is 59.6. The van der Waals surface area contributed by atoms with E-state index >= 15 is 0 Å². The maximum absolute atomic E-state index is 2.63. The van der Waals surface area contributed by atoms with Crippen molar-refractivity contribution in [2.45, 2.75) is 44.4 Å². The van der Waals surface area contributed by atoms with Gasteiger partial charge in [0.05, 0.1) is 22.4 Å². The Morgan fingerprint density at radius 3 is 2.35 bits per heavy atom. The molecule has 3 heteroatoms. The number of nitrogens with zero attached hydrogens (tertiary/aromatic N) is 2. The predicted octanol–water partition coefficient (Wildman–Crippen LogP) is 14.7. The van der Waals surface area contributed by atoms with Crippen molar-refractivity contribution < 1.29 is 0 Å². The van der Waals surface area contributed by atoms with Gasteiger partial charge in [0.25, 0.3) is 0 Å². The maximum Gasteiger partial charge on any atom is 0.0603 e. The van der Waals surface area contributed by atoms with Crippen LogP contribution in [0.3, 0.4) is 0 Å². The van der Waals surface area contributed by atoms with Gasteiger partial charge in [-0.25, -0.2) is 0 Å². The van der Waals surface area contributed by atoms with Crippen molar-refractivity contribution in [3.05, 3.63) is 169 Å². The lowest BCUT2D eigenvalue weighted by Gasteiger charge is -2.51. The summed E-state index contributed by atoms with van der Waals surface area (Å²) in [5.41, 5.74) is 13.3. The first-order valence-electron chi connectivity index (χ1n) is 20.2. The van der Waals surface area contributed by atoms with Crippen LogP contribution in [0.25, 0.3) is 58.8 Å². The van der Waals surface area contributed by atoms with Gasteiger partial charge in [0, 0.05) is 47.7 Å². The maximum atomic E-state index is 2.63. The van der Waals surface area contributed by atoms with E-state index in [1.165, 1.54) is 108 Å². The van der Waals surface area contributed by atoms with Crippen molar-refractivity contribution >= 4 is 70.4 Å². The highest BCUT2D eigenvalue weighted by molar-refractivity contribution is 7.26. The van der Waals surface area contributed by atoms with Crippen molar-refractivity contribution in [2.75, 3.05) is 4.90 Å². The fourth-order valence-corrected chi connectivity index (χ4v) is 12.8. The lowest BCUT2D eigenvalue weighted by molar-refractivity contribution is 0.136. The number of fused-ring (bicyclic) bond motifs is 11. The van der Waals surface area contributed by atoms with E-state index in [0.717, 1.165) is 11.8 Å². The predicted molar refractivity (Wildman–Crippen MR) is 234 cm³/mol. The summed E-state index contributed by atoms with van der Waals surface area (Å²) >= 11 is 1.90. The number of para-hydroxylation sites is 3. The van der Waals surface area contributed by atoms with Crippen molar-refractivity contribution in [1.82, 2.24) is 4.57 Å². The highest BCUT2D eigenvalue weighted by atomic mass is 32.1. The topological polar surface area (TPSA) is 8.17 Å². The zero-order valence-electron chi connectivity index (χ0n) is 31.1. The molecule has 0 amide bonds. The molecule has 55 heavy (non-hydrogen) atoms. The van der Waals surface area contributed by atoms with Gasteiger partial charge in [-0.1, -0.05) is 129 Å². The molecular weight excluding hydrogens is 685 g/mol. The zero-order chi connectivity index (χ0) is 36.3. The first-order chi connectivity index (χ1) is 27.2. The molecule has 2 unspecified atom stereocenters. The van der Waals surface area contributed by atoms with Crippen molar-refractivity contribution in [3.8, 4) is 16.8 Å². The largest absolute Gasteiger partial charge is 0.310 e. The van der Waals surface area contributed by atoms with Crippen molar-refractivity contribution in [2.24, 2.45) is 17.8 Å². The summed E-state index contributed by atoms with van der Waals surface area (Å²) in [5, 5.41) is 5.35. The summed E-state index contributed by atoms with van der Waals surface area (Å²) < 4.78 is 5.32. The summed E-state index contributed by atoms with van der Waals surface area (Å²) in [4.78, 5) is 2.53. The molecule has 9 aromatic rings. The Bertz CT molecular complexity index is 2970. The second kappa shape index (κ2) is 11.9. The van der Waals surface area contributed by atoms with Gasteiger partial charge in [-0.3, -0.25) is 0 Å². The van der Waals surface area contributed by atoms with Crippen LogP contribution in [0, 0.1) is 17.8 Å². The molecule has 0 radical (unpaired) electrons. The first kappa shape index (κ1) is 31.7. The molecule has 1 spiro atoms. The molecule has 7 aromatic carbocycles. The van der Waals surface area contributed by atoms with E-state index in [9.17, 15) is 0 Å². The van der Waals surface area contributed by atoms with Gasteiger partial charge < -0.3 is 9.47 Å². The molecule has 13 rings (SSSR count). The normalized spacial score (nSPS) is 21.4. The average Bonchev–Trinajstić information content (AvgIpc) is 3.65. The summed E-state index contributed by atoms with van der Waals surface area (Å²) in [7, 11) is 0. The van der Waals surface area contributed by atoms with Crippen LogP contribution in [0.5, 0.6) is 0 Å². The molecule has 3 fully saturated rings. The molecule has 3 saturated carbocycles. The minimum atomic E-state index is 0.0197. The smallest absolute Gasteiger partial charge is 0.0603 e. The van der Waals surface area contributed by atoms with E-state index in [4.69, 9.17) is 0 Å². The molecule has 4 atom stereocenters. The van der Waals surface area contributed by atoms with Gasteiger partial charge in [-0.15, -0.1) is 11.3 Å². The molecule has 2 aromatic heterocycles. The number of hydrogen-bond acceptors (Lipinski definition) is 2. The monoisotopic (exact) mass is 726 g/mol. The first-order valence-corrected chi connectivity index (χ1v) is 21.0.